The number of carboxylic acid groups (broad SMARTS) is 1. The number of carbonyl (C=O) groups is 2. The second-order valence-corrected chi connectivity index (χ2v) is 6.44. The zero-order valence-electron chi connectivity index (χ0n) is 10.2. The van der Waals surface area contributed by atoms with Crippen molar-refractivity contribution in [2.24, 2.45) is 23.5 Å². The predicted molar refractivity (Wildman–Crippen MR) is 66.3 cm³/mol. The molecule has 1 heterocycles. The van der Waals surface area contributed by atoms with Gasteiger partial charge in [0, 0.05) is 11.2 Å². The summed E-state index contributed by atoms with van der Waals surface area (Å²) in [5.41, 5.74) is 5.15. The maximum Gasteiger partial charge on any atom is 0.307 e. The molecule has 19 heavy (non-hydrogen) atoms. The molecular formula is C11H14N4O3S. The Morgan fingerprint density at radius 3 is 2.89 bits per heavy atom. The molecule has 5 unspecified atom stereocenters. The highest BCUT2D eigenvalue weighted by molar-refractivity contribution is 7.99. The zero-order chi connectivity index (χ0) is 13.8. The summed E-state index contributed by atoms with van der Waals surface area (Å²) in [6, 6.07) is 0. The van der Waals surface area contributed by atoms with E-state index < -0.39 is 17.4 Å². The predicted octanol–water partition coefficient (Wildman–Crippen LogP) is -0.0976. The van der Waals surface area contributed by atoms with Gasteiger partial charge >= 0.3 is 5.97 Å². The highest BCUT2D eigenvalue weighted by Gasteiger charge is 2.72. The van der Waals surface area contributed by atoms with E-state index in [1.54, 1.807) is 0 Å². The molecule has 2 aliphatic rings. The topological polar surface area (TPSA) is 122 Å². The van der Waals surface area contributed by atoms with Gasteiger partial charge in [-0.3, -0.25) is 14.7 Å². The Labute approximate surface area is 113 Å². The molecule has 2 saturated carbocycles. The van der Waals surface area contributed by atoms with Crippen LogP contribution in [0.25, 0.3) is 0 Å². The lowest BCUT2D eigenvalue weighted by atomic mass is 9.88. The highest BCUT2D eigenvalue weighted by Crippen LogP contribution is 2.65. The Morgan fingerprint density at radius 2 is 2.37 bits per heavy atom. The first-order valence-corrected chi connectivity index (χ1v) is 6.88. The Morgan fingerprint density at radius 1 is 1.63 bits per heavy atom. The number of carboxylic acids is 1. The van der Waals surface area contributed by atoms with Crippen molar-refractivity contribution in [3.8, 4) is 0 Å². The van der Waals surface area contributed by atoms with E-state index in [9.17, 15) is 14.7 Å². The van der Waals surface area contributed by atoms with Gasteiger partial charge in [-0.15, -0.1) is 0 Å². The molecule has 4 N–H and O–H groups in total. The van der Waals surface area contributed by atoms with Crippen LogP contribution in [0.4, 0.5) is 0 Å². The van der Waals surface area contributed by atoms with Crippen LogP contribution in [0.2, 0.25) is 0 Å². The van der Waals surface area contributed by atoms with Gasteiger partial charge < -0.3 is 10.8 Å². The number of carbonyl (C=O) groups excluding carboxylic acids is 1. The van der Waals surface area contributed by atoms with Gasteiger partial charge in [-0.1, -0.05) is 11.8 Å². The smallest absolute Gasteiger partial charge is 0.307 e. The fourth-order valence-electron chi connectivity index (χ4n) is 3.28. The summed E-state index contributed by atoms with van der Waals surface area (Å²) in [6.07, 6.45) is 1.89. The normalized spacial score (nSPS) is 39.9. The van der Waals surface area contributed by atoms with E-state index in [0.717, 1.165) is 0 Å². The molecule has 0 saturated heterocycles. The Hall–Kier alpha value is -1.41. The van der Waals surface area contributed by atoms with Crippen LogP contribution in [-0.2, 0) is 9.59 Å². The molecule has 102 valence electrons. The molecule has 0 aromatic carbocycles. The van der Waals surface area contributed by atoms with Crippen molar-refractivity contribution in [1.82, 2.24) is 15.2 Å². The average Bonchev–Trinajstić information content (AvgIpc) is 2.77. The van der Waals surface area contributed by atoms with Crippen molar-refractivity contribution in [3.05, 3.63) is 6.33 Å². The summed E-state index contributed by atoms with van der Waals surface area (Å²) >= 11 is 1.42. The van der Waals surface area contributed by atoms with Crippen molar-refractivity contribution in [2.45, 2.75) is 29.3 Å². The largest absolute Gasteiger partial charge is 0.481 e. The first kappa shape index (κ1) is 12.6. The van der Waals surface area contributed by atoms with E-state index >= 15 is 0 Å². The number of hydrogen-bond acceptors (Lipinski definition) is 6. The summed E-state index contributed by atoms with van der Waals surface area (Å²) in [6.45, 7) is 1.44. The number of fused-ring (bicyclic) bond motifs is 1. The number of aliphatic carboxylic acids is 1. The Kier molecular flexibility index (Phi) is 2.68. The van der Waals surface area contributed by atoms with Gasteiger partial charge in [-0.25, -0.2) is 4.98 Å². The number of hydrogen-bond donors (Lipinski definition) is 3. The van der Waals surface area contributed by atoms with Crippen molar-refractivity contribution >= 4 is 23.5 Å². The molecule has 2 aliphatic carbocycles. The van der Waals surface area contributed by atoms with Crippen LogP contribution in [0.3, 0.4) is 0 Å². The number of ketones is 1. The molecule has 5 atom stereocenters. The second kappa shape index (κ2) is 4.04. The van der Waals surface area contributed by atoms with Gasteiger partial charge in [0.2, 0.25) is 0 Å². The van der Waals surface area contributed by atoms with Gasteiger partial charge in [0.1, 0.15) is 12.1 Å². The van der Waals surface area contributed by atoms with E-state index in [4.69, 9.17) is 5.73 Å². The second-order valence-electron chi connectivity index (χ2n) is 5.21. The van der Waals surface area contributed by atoms with Gasteiger partial charge in [0.15, 0.2) is 5.16 Å². The lowest BCUT2D eigenvalue weighted by molar-refractivity contribution is -0.139. The quantitative estimate of drug-likeness (QED) is 0.705. The number of nitrogens with zero attached hydrogens (tertiary/aromatic N) is 2. The van der Waals surface area contributed by atoms with Crippen LogP contribution < -0.4 is 5.73 Å². The number of nitrogens with one attached hydrogen (secondary N) is 1. The minimum Gasteiger partial charge on any atom is -0.481 e. The third-order valence-electron chi connectivity index (χ3n) is 4.23. The molecule has 0 amide bonds. The van der Waals surface area contributed by atoms with Crippen molar-refractivity contribution in [2.75, 3.05) is 0 Å². The molecule has 0 bridgehead atoms. The summed E-state index contributed by atoms with van der Waals surface area (Å²) in [7, 11) is 0. The van der Waals surface area contributed by atoms with Crippen molar-refractivity contribution in [1.29, 1.82) is 0 Å². The fourth-order valence-corrected chi connectivity index (χ4v) is 4.63. The van der Waals surface area contributed by atoms with Gasteiger partial charge in [0.25, 0.3) is 0 Å². The summed E-state index contributed by atoms with van der Waals surface area (Å²) < 4.78 is 0. The van der Waals surface area contributed by atoms with Crippen LogP contribution in [0.15, 0.2) is 11.5 Å². The lowest BCUT2D eigenvalue weighted by Crippen LogP contribution is -2.49. The molecular weight excluding hydrogens is 268 g/mol. The molecule has 0 spiro atoms. The van der Waals surface area contributed by atoms with E-state index in [2.05, 4.69) is 15.2 Å². The SMILES string of the molecule is CC(=O)C1(N)CC(Sc2ncn[nH]2)C2C(C(=O)O)C21. The Bertz CT molecular complexity index is 534. The highest BCUT2D eigenvalue weighted by atomic mass is 32.2. The summed E-state index contributed by atoms with van der Waals surface area (Å²) in [4.78, 5) is 27.0. The monoisotopic (exact) mass is 282 g/mol. The molecule has 0 aliphatic heterocycles. The van der Waals surface area contributed by atoms with Crippen molar-refractivity contribution < 1.29 is 14.7 Å². The molecule has 2 fully saturated rings. The number of thioether (sulfide) groups is 1. The maximum absolute atomic E-state index is 11.8. The van der Waals surface area contributed by atoms with Crippen LogP contribution in [0, 0.1) is 17.8 Å². The zero-order valence-corrected chi connectivity index (χ0v) is 11.1. The Balaban J connectivity index is 1.84. The van der Waals surface area contributed by atoms with Gasteiger partial charge in [-0.2, -0.15) is 5.10 Å². The number of aromatic amines is 1. The molecule has 1 aromatic rings. The molecule has 8 heteroatoms. The number of aromatic nitrogens is 3. The van der Waals surface area contributed by atoms with Gasteiger partial charge in [-0.05, 0) is 19.3 Å². The minimum absolute atomic E-state index is 0.00653. The van der Waals surface area contributed by atoms with E-state index in [-0.39, 0.29) is 22.9 Å². The third kappa shape index (κ3) is 1.78. The third-order valence-corrected chi connectivity index (χ3v) is 5.44. The first-order chi connectivity index (χ1) is 8.95. The van der Waals surface area contributed by atoms with Gasteiger partial charge in [0.05, 0.1) is 11.5 Å². The van der Waals surface area contributed by atoms with Crippen LogP contribution in [0.5, 0.6) is 0 Å². The number of rotatable bonds is 4. The molecule has 3 rings (SSSR count). The number of Topliss-reactive ketones (excluding diaryl/α,β-unsaturated/α-hetero) is 1. The van der Waals surface area contributed by atoms with Crippen LogP contribution in [0.1, 0.15) is 13.3 Å². The molecule has 0 radical (unpaired) electrons. The number of H-pyrrole nitrogens is 1. The van der Waals surface area contributed by atoms with Crippen LogP contribution in [-0.4, -0.2) is 42.8 Å². The average molecular weight is 282 g/mol. The molecule has 7 nitrogen and oxygen atoms in total. The van der Waals surface area contributed by atoms with E-state index in [0.29, 0.717) is 11.6 Å². The van der Waals surface area contributed by atoms with Crippen LogP contribution >= 0.6 is 11.8 Å². The van der Waals surface area contributed by atoms with E-state index in [1.807, 2.05) is 0 Å². The summed E-state index contributed by atoms with van der Waals surface area (Å²) in [5, 5.41) is 16.3. The number of nitrogens with two attached hydrogens (primary N) is 1. The minimum atomic E-state index is -1.01. The lowest BCUT2D eigenvalue weighted by Gasteiger charge is -2.25. The standard InChI is InChI=1S/C11H14N4O3S/c1-4(16)11(12)2-5(19-10-13-3-14-15-10)6-7(8(6)11)9(17)18/h3,5-8H,2,12H2,1H3,(H,17,18)(H,13,14,15). The fraction of sp³-hybridized carbons (Fsp3) is 0.636. The van der Waals surface area contributed by atoms with E-state index in [1.165, 1.54) is 25.0 Å². The maximum atomic E-state index is 11.8. The summed E-state index contributed by atoms with van der Waals surface area (Å²) in [5.74, 6) is -1.81. The van der Waals surface area contributed by atoms with Crippen molar-refractivity contribution in [3.63, 3.8) is 0 Å². The molecule has 1 aromatic heterocycles. The first-order valence-electron chi connectivity index (χ1n) is 6.00.